The predicted octanol–water partition coefficient (Wildman–Crippen LogP) is 6.90. The maximum absolute atomic E-state index is 9.39. The zero-order chi connectivity index (χ0) is 24.9. The minimum absolute atomic E-state index is 0.00959. The molecule has 34 heavy (non-hydrogen) atoms. The average Bonchev–Trinajstić information content (AvgIpc) is 3.18. The Balaban J connectivity index is 0.00000158. The van der Waals surface area contributed by atoms with E-state index in [1.54, 1.807) is 0 Å². The summed E-state index contributed by atoms with van der Waals surface area (Å²) in [5.74, 6) is 0. The number of para-hydroxylation sites is 2. The molecule has 0 aromatic heterocycles. The summed E-state index contributed by atoms with van der Waals surface area (Å²) in [5, 5.41) is 9.39. The Hall–Kier alpha value is -2.91. The Kier molecular flexibility index (Phi) is 7.99. The molecule has 4 rings (SSSR count). The third-order valence-corrected chi connectivity index (χ3v) is 7.01. The molecule has 0 aliphatic carbocycles. The van der Waals surface area contributed by atoms with Gasteiger partial charge in [-0.15, -0.1) is 0 Å². The van der Waals surface area contributed by atoms with Gasteiger partial charge in [-0.25, -0.2) is 0 Å². The lowest BCUT2D eigenvalue weighted by atomic mass is 9.81. The average molecular weight is 458 g/mol. The molecule has 2 heterocycles. The molecule has 0 atom stereocenters. The third kappa shape index (κ3) is 4.54. The zero-order valence-corrected chi connectivity index (χ0v) is 22.0. The highest BCUT2D eigenvalue weighted by Crippen LogP contribution is 2.47. The van der Waals surface area contributed by atoms with E-state index in [1.807, 2.05) is 13.8 Å². The van der Waals surface area contributed by atoms with Gasteiger partial charge in [0.25, 0.3) is 0 Å². The van der Waals surface area contributed by atoms with Crippen LogP contribution in [-0.4, -0.2) is 35.6 Å². The molecule has 0 bridgehead atoms. The van der Waals surface area contributed by atoms with Gasteiger partial charge >= 0.3 is 0 Å². The second-order valence-corrected chi connectivity index (χ2v) is 9.75. The minimum atomic E-state index is -0.0653. The van der Waals surface area contributed by atoms with Crippen LogP contribution in [0.25, 0.3) is 0 Å². The van der Waals surface area contributed by atoms with Crippen molar-refractivity contribution in [2.24, 2.45) is 0 Å². The molecule has 3 nitrogen and oxygen atoms in total. The molecule has 0 radical (unpaired) electrons. The highest BCUT2D eigenvalue weighted by Gasteiger charge is 2.42. The summed E-state index contributed by atoms with van der Waals surface area (Å²) in [7, 11) is 2.15. The van der Waals surface area contributed by atoms with Gasteiger partial charge in [0.2, 0.25) is 5.69 Å². The topological polar surface area (TPSA) is 26.5 Å². The summed E-state index contributed by atoms with van der Waals surface area (Å²) in [6.07, 6.45) is 11.6. The first-order chi connectivity index (χ1) is 16.3. The molecule has 0 unspecified atom stereocenters. The number of anilines is 1. The minimum Gasteiger partial charge on any atom is -0.396 e. The molecule has 3 heteroatoms. The maximum Gasteiger partial charge on any atom is 0.209 e. The molecular weight excluding hydrogens is 416 g/mol. The van der Waals surface area contributed by atoms with Crippen LogP contribution in [0, 0.1) is 0 Å². The van der Waals surface area contributed by atoms with E-state index in [0.29, 0.717) is 0 Å². The van der Waals surface area contributed by atoms with Gasteiger partial charge in [-0.1, -0.05) is 82.3 Å². The van der Waals surface area contributed by atoms with Crippen molar-refractivity contribution in [1.29, 1.82) is 0 Å². The molecule has 2 aromatic rings. The van der Waals surface area contributed by atoms with Crippen molar-refractivity contribution in [1.82, 2.24) is 0 Å². The van der Waals surface area contributed by atoms with Crippen LogP contribution >= 0.6 is 0 Å². The number of aliphatic hydroxyl groups is 1. The fraction of sp³-hybridized carbons (Fsp3) is 0.387. The summed E-state index contributed by atoms with van der Waals surface area (Å²) >= 11 is 0. The van der Waals surface area contributed by atoms with Crippen LogP contribution in [0.2, 0.25) is 0 Å². The van der Waals surface area contributed by atoms with Gasteiger partial charge in [0.15, 0.2) is 5.71 Å². The molecule has 0 spiro atoms. The fourth-order valence-electron chi connectivity index (χ4n) is 5.27. The Labute approximate surface area is 206 Å². The Morgan fingerprint density at radius 1 is 0.853 bits per heavy atom. The molecule has 0 saturated carbocycles. The summed E-state index contributed by atoms with van der Waals surface area (Å²) in [4.78, 5) is 2.36. The summed E-state index contributed by atoms with van der Waals surface area (Å²) in [6.45, 7) is 14.2. The normalized spacial score (nSPS) is 19.1. The van der Waals surface area contributed by atoms with Crippen molar-refractivity contribution in [3.8, 4) is 0 Å². The van der Waals surface area contributed by atoms with Crippen LogP contribution in [0.5, 0.6) is 0 Å². The number of hydrogen-bond acceptors (Lipinski definition) is 2. The van der Waals surface area contributed by atoms with E-state index in [1.165, 1.54) is 33.9 Å². The number of hydrogen-bond donors (Lipinski definition) is 1. The standard InChI is InChI=1S/C29H35N2O.C2H6/c1-28(2)22-14-9-11-16-24(22)30(5)26(28)18-7-6-8-19-27-29(3,4)23-15-10-12-17-25(23)31(27)20-13-21-32;1-2/h6-12,14-19,32H,13,20-21H2,1-5H3;1-2H3/q+1;. The van der Waals surface area contributed by atoms with Crippen molar-refractivity contribution in [3.63, 3.8) is 0 Å². The SMILES string of the molecule is CC.C[N+]1=C(/C=C/C=C/C=C2/N(CCCO)c3ccccc3C2(C)C)C(C)(C)c2ccccc21. The van der Waals surface area contributed by atoms with E-state index < -0.39 is 0 Å². The van der Waals surface area contributed by atoms with Crippen LogP contribution in [-0.2, 0) is 10.8 Å². The summed E-state index contributed by atoms with van der Waals surface area (Å²) in [6, 6.07) is 17.3. The number of allylic oxidation sites excluding steroid dienone is 6. The highest BCUT2D eigenvalue weighted by molar-refractivity contribution is 6.03. The molecule has 0 amide bonds. The van der Waals surface area contributed by atoms with Gasteiger partial charge in [-0.05, 0) is 38.0 Å². The van der Waals surface area contributed by atoms with Gasteiger partial charge < -0.3 is 10.0 Å². The summed E-state index contributed by atoms with van der Waals surface area (Å²) < 4.78 is 2.30. The van der Waals surface area contributed by atoms with Crippen LogP contribution < -0.4 is 4.90 Å². The molecule has 180 valence electrons. The molecule has 1 N–H and O–H groups in total. The van der Waals surface area contributed by atoms with Gasteiger partial charge in [0, 0.05) is 47.7 Å². The van der Waals surface area contributed by atoms with Crippen molar-refractivity contribution in [3.05, 3.63) is 95.7 Å². The monoisotopic (exact) mass is 457 g/mol. The first-order valence-corrected chi connectivity index (χ1v) is 12.5. The smallest absolute Gasteiger partial charge is 0.209 e. The van der Waals surface area contributed by atoms with Crippen molar-refractivity contribution in [2.75, 3.05) is 25.1 Å². The number of aliphatic hydroxyl groups excluding tert-OH is 1. The maximum atomic E-state index is 9.39. The summed E-state index contributed by atoms with van der Waals surface area (Å²) in [5.41, 5.74) is 7.75. The fourth-order valence-corrected chi connectivity index (χ4v) is 5.27. The largest absolute Gasteiger partial charge is 0.396 e. The number of benzene rings is 2. The lowest BCUT2D eigenvalue weighted by Gasteiger charge is -2.26. The first-order valence-electron chi connectivity index (χ1n) is 12.5. The van der Waals surface area contributed by atoms with Crippen LogP contribution in [0.3, 0.4) is 0 Å². The van der Waals surface area contributed by atoms with Gasteiger partial charge in [0.1, 0.15) is 7.05 Å². The van der Waals surface area contributed by atoms with E-state index in [0.717, 1.165) is 13.0 Å². The molecule has 2 aromatic carbocycles. The zero-order valence-electron chi connectivity index (χ0n) is 22.0. The third-order valence-electron chi connectivity index (χ3n) is 7.01. The van der Waals surface area contributed by atoms with Crippen molar-refractivity contribution in [2.45, 2.75) is 58.8 Å². The van der Waals surface area contributed by atoms with Crippen LogP contribution in [0.1, 0.15) is 59.1 Å². The second kappa shape index (κ2) is 10.6. The molecule has 2 aliphatic heterocycles. The van der Waals surface area contributed by atoms with E-state index in [-0.39, 0.29) is 17.4 Å². The molecule has 0 saturated heterocycles. The Morgan fingerprint density at radius 3 is 2.18 bits per heavy atom. The van der Waals surface area contributed by atoms with E-state index in [2.05, 4.69) is 123 Å². The lowest BCUT2D eigenvalue weighted by molar-refractivity contribution is -0.401. The molecule has 2 aliphatic rings. The molecular formula is C31H41N2O+. The highest BCUT2D eigenvalue weighted by atomic mass is 16.3. The second-order valence-electron chi connectivity index (χ2n) is 9.75. The Bertz CT molecular complexity index is 1130. The van der Waals surface area contributed by atoms with E-state index in [4.69, 9.17) is 0 Å². The number of fused-ring (bicyclic) bond motifs is 2. The van der Waals surface area contributed by atoms with Crippen molar-refractivity contribution >= 4 is 17.1 Å². The van der Waals surface area contributed by atoms with Crippen LogP contribution in [0.4, 0.5) is 11.4 Å². The Morgan fingerprint density at radius 2 is 1.50 bits per heavy atom. The number of nitrogens with zero attached hydrogens (tertiary/aromatic N) is 2. The molecule has 0 fully saturated rings. The van der Waals surface area contributed by atoms with Gasteiger partial charge in [-0.3, -0.25) is 0 Å². The van der Waals surface area contributed by atoms with Gasteiger partial charge in [-0.2, -0.15) is 4.58 Å². The predicted molar refractivity (Wildman–Crippen MR) is 147 cm³/mol. The quantitative estimate of drug-likeness (QED) is 0.377. The van der Waals surface area contributed by atoms with Gasteiger partial charge in [0.05, 0.1) is 5.41 Å². The van der Waals surface area contributed by atoms with E-state index >= 15 is 0 Å². The lowest BCUT2D eigenvalue weighted by Crippen LogP contribution is -2.27. The number of rotatable bonds is 6. The van der Waals surface area contributed by atoms with E-state index in [9.17, 15) is 5.11 Å². The first kappa shape index (κ1) is 25.7. The van der Waals surface area contributed by atoms with Crippen molar-refractivity contribution < 1.29 is 9.68 Å². The van der Waals surface area contributed by atoms with Crippen LogP contribution in [0.15, 0.2) is 84.6 Å².